The molecule has 0 aromatic carbocycles. The summed E-state index contributed by atoms with van der Waals surface area (Å²) in [5, 5.41) is 3.93. The summed E-state index contributed by atoms with van der Waals surface area (Å²) in [6.07, 6.45) is 6.45. The van der Waals surface area contributed by atoms with Crippen LogP contribution < -0.4 is 0 Å². The van der Waals surface area contributed by atoms with Gasteiger partial charge in [0.05, 0.1) is 5.92 Å². The van der Waals surface area contributed by atoms with Crippen LogP contribution in [-0.4, -0.2) is 20.9 Å². The first-order valence-corrected chi connectivity index (χ1v) is 6.07. The number of hydrogen-bond acceptors (Lipinski definition) is 5. The van der Waals surface area contributed by atoms with E-state index in [1.807, 2.05) is 12.1 Å². The second-order valence-corrected chi connectivity index (χ2v) is 4.49. The van der Waals surface area contributed by atoms with Gasteiger partial charge >= 0.3 is 0 Å². The Labute approximate surface area is 104 Å². The zero-order chi connectivity index (χ0) is 12.4. The fourth-order valence-electron chi connectivity index (χ4n) is 2.24. The molecule has 1 atom stereocenters. The SMILES string of the molecule is O=C1CCCC1c1nc(Cc2ccncc2)no1. The van der Waals surface area contributed by atoms with Crippen molar-refractivity contribution in [2.75, 3.05) is 0 Å². The molecule has 2 aromatic heterocycles. The largest absolute Gasteiger partial charge is 0.339 e. The van der Waals surface area contributed by atoms with Gasteiger partial charge in [-0.15, -0.1) is 0 Å². The van der Waals surface area contributed by atoms with Crippen LogP contribution in [0.1, 0.15) is 42.5 Å². The van der Waals surface area contributed by atoms with Crippen LogP contribution in [0.25, 0.3) is 0 Å². The van der Waals surface area contributed by atoms with Crippen LogP contribution in [0.2, 0.25) is 0 Å². The Kier molecular flexibility index (Phi) is 2.88. The molecule has 3 rings (SSSR count). The second kappa shape index (κ2) is 4.68. The van der Waals surface area contributed by atoms with E-state index in [9.17, 15) is 4.79 Å². The van der Waals surface area contributed by atoms with Crippen molar-refractivity contribution >= 4 is 5.78 Å². The first-order chi connectivity index (χ1) is 8.83. The number of rotatable bonds is 3. The minimum atomic E-state index is -0.177. The maximum atomic E-state index is 11.6. The molecule has 2 aromatic rings. The van der Waals surface area contributed by atoms with Crippen LogP contribution in [0.5, 0.6) is 0 Å². The summed E-state index contributed by atoms with van der Waals surface area (Å²) < 4.78 is 5.19. The molecule has 1 aliphatic carbocycles. The number of Topliss-reactive ketones (excluding diaryl/α,β-unsaturated/α-hetero) is 1. The predicted octanol–water partition coefficient (Wildman–Crippen LogP) is 1.89. The molecule has 5 heteroatoms. The Bertz CT molecular complexity index is 550. The van der Waals surface area contributed by atoms with E-state index in [0.29, 0.717) is 24.6 Å². The van der Waals surface area contributed by atoms with Crippen molar-refractivity contribution in [1.82, 2.24) is 15.1 Å². The van der Waals surface area contributed by atoms with Gasteiger partial charge in [0.25, 0.3) is 0 Å². The first kappa shape index (κ1) is 11.1. The fraction of sp³-hybridized carbons (Fsp3) is 0.385. The van der Waals surface area contributed by atoms with E-state index in [-0.39, 0.29) is 11.7 Å². The predicted molar refractivity (Wildman–Crippen MR) is 62.9 cm³/mol. The maximum absolute atomic E-state index is 11.6. The fourth-order valence-corrected chi connectivity index (χ4v) is 2.24. The summed E-state index contributed by atoms with van der Waals surface area (Å²) in [7, 11) is 0. The molecule has 18 heavy (non-hydrogen) atoms. The highest BCUT2D eigenvalue weighted by atomic mass is 16.5. The molecule has 1 aliphatic rings. The van der Waals surface area contributed by atoms with Crippen LogP contribution in [0, 0.1) is 0 Å². The number of aromatic nitrogens is 3. The Morgan fingerprint density at radius 2 is 2.17 bits per heavy atom. The summed E-state index contributed by atoms with van der Waals surface area (Å²) in [6.45, 7) is 0. The molecule has 0 amide bonds. The minimum absolute atomic E-state index is 0.177. The van der Waals surface area contributed by atoms with Crippen molar-refractivity contribution in [3.8, 4) is 0 Å². The molecule has 92 valence electrons. The molecule has 0 aliphatic heterocycles. The van der Waals surface area contributed by atoms with Gasteiger partial charge in [-0.05, 0) is 30.5 Å². The number of hydrogen-bond donors (Lipinski definition) is 0. The van der Waals surface area contributed by atoms with Gasteiger partial charge in [-0.2, -0.15) is 4.98 Å². The van der Waals surface area contributed by atoms with Gasteiger partial charge in [-0.3, -0.25) is 9.78 Å². The molecule has 0 saturated heterocycles. The lowest BCUT2D eigenvalue weighted by atomic mass is 10.1. The van der Waals surface area contributed by atoms with Crippen molar-refractivity contribution in [2.24, 2.45) is 0 Å². The zero-order valence-electron chi connectivity index (χ0n) is 9.87. The number of carbonyl (C=O) groups is 1. The van der Waals surface area contributed by atoms with Crippen molar-refractivity contribution in [3.05, 3.63) is 41.8 Å². The molecule has 0 bridgehead atoms. The van der Waals surface area contributed by atoms with Crippen LogP contribution in [0.3, 0.4) is 0 Å². The van der Waals surface area contributed by atoms with Gasteiger partial charge in [0.15, 0.2) is 5.82 Å². The number of pyridine rings is 1. The molecule has 0 spiro atoms. The molecule has 1 saturated carbocycles. The Hall–Kier alpha value is -2.04. The van der Waals surface area contributed by atoms with Crippen LogP contribution in [0.15, 0.2) is 29.0 Å². The van der Waals surface area contributed by atoms with E-state index < -0.39 is 0 Å². The van der Waals surface area contributed by atoms with E-state index in [1.54, 1.807) is 12.4 Å². The van der Waals surface area contributed by atoms with E-state index in [4.69, 9.17) is 4.52 Å². The molecule has 0 N–H and O–H groups in total. The van der Waals surface area contributed by atoms with Gasteiger partial charge in [-0.25, -0.2) is 0 Å². The van der Waals surface area contributed by atoms with E-state index in [2.05, 4.69) is 15.1 Å². The third-order valence-electron chi connectivity index (χ3n) is 3.20. The molecule has 0 radical (unpaired) electrons. The zero-order valence-corrected chi connectivity index (χ0v) is 9.87. The third kappa shape index (κ3) is 2.16. The van der Waals surface area contributed by atoms with Gasteiger partial charge in [0.1, 0.15) is 5.78 Å². The van der Waals surface area contributed by atoms with E-state index in [1.165, 1.54) is 0 Å². The van der Waals surface area contributed by atoms with Crippen molar-refractivity contribution < 1.29 is 9.32 Å². The first-order valence-electron chi connectivity index (χ1n) is 6.07. The Morgan fingerprint density at radius 3 is 2.89 bits per heavy atom. The molecular formula is C13H13N3O2. The smallest absolute Gasteiger partial charge is 0.237 e. The molecule has 2 heterocycles. The maximum Gasteiger partial charge on any atom is 0.237 e. The van der Waals surface area contributed by atoms with Crippen molar-refractivity contribution in [3.63, 3.8) is 0 Å². The lowest BCUT2D eigenvalue weighted by molar-refractivity contribution is -0.119. The lowest BCUT2D eigenvalue weighted by Crippen LogP contribution is -2.04. The average molecular weight is 243 g/mol. The van der Waals surface area contributed by atoms with Crippen molar-refractivity contribution in [2.45, 2.75) is 31.6 Å². The summed E-state index contributed by atoms with van der Waals surface area (Å²) in [5.41, 5.74) is 1.08. The van der Waals surface area contributed by atoms with Gasteiger partial charge < -0.3 is 4.52 Å². The number of ketones is 1. The molecule has 1 fully saturated rings. The topological polar surface area (TPSA) is 68.9 Å². The summed E-state index contributed by atoms with van der Waals surface area (Å²) in [5.74, 6) is 1.13. The van der Waals surface area contributed by atoms with Gasteiger partial charge in [0.2, 0.25) is 5.89 Å². The standard InChI is InChI=1S/C13H13N3O2/c17-11-3-1-2-10(11)13-15-12(16-18-13)8-9-4-6-14-7-5-9/h4-7,10H,1-3,8H2. The van der Waals surface area contributed by atoms with Gasteiger partial charge in [0, 0.05) is 25.2 Å². The lowest BCUT2D eigenvalue weighted by Gasteiger charge is -1.98. The highest BCUT2D eigenvalue weighted by molar-refractivity contribution is 5.86. The average Bonchev–Trinajstić information content (AvgIpc) is 2.99. The quantitative estimate of drug-likeness (QED) is 0.823. The van der Waals surface area contributed by atoms with Crippen LogP contribution in [0.4, 0.5) is 0 Å². The third-order valence-corrected chi connectivity index (χ3v) is 3.20. The summed E-state index contributed by atoms with van der Waals surface area (Å²) in [4.78, 5) is 19.9. The highest BCUT2D eigenvalue weighted by Gasteiger charge is 2.30. The van der Waals surface area contributed by atoms with Crippen molar-refractivity contribution in [1.29, 1.82) is 0 Å². The number of carbonyl (C=O) groups excluding carboxylic acids is 1. The summed E-state index contributed by atoms with van der Waals surface area (Å²) in [6, 6.07) is 3.83. The highest BCUT2D eigenvalue weighted by Crippen LogP contribution is 2.30. The summed E-state index contributed by atoms with van der Waals surface area (Å²) >= 11 is 0. The molecule has 1 unspecified atom stereocenters. The van der Waals surface area contributed by atoms with Crippen LogP contribution in [-0.2, 0) is 11.2 Å². The molecule has 5 nitrogen and oxygen atoms in total. The van der Waals surface area contributed by atoms with Gasteiger partial charge in [-0.1, -0.05) is 5.16 Å². The molecular weight excluding hydrogens is 230 g/mol. The monoisotopic (exact) mass is 243 g/mol. The van der Waals surface area contributed by atoms with E-state index >= 15 is 0 Å². The normalized spacial score (nSPS) is 19.3. The van der Waals surface area contributed by atoms with E-state index in [0.717, 1.165) is 18.4 Å². The Morgan fingerprint density at radius 1 is 1.33 bits per heavy atom. The minimum Gasteiger partial charge on any atom is -0.339 e. The number of nitrogens with zero attached hydrogens (tertiary/aromatic N) is 3. The second-order valence-electron chi connectivity index (χ2n) is 4.49. The van der Waals surface area contributed by atoms with Crippen LogP contribution >= 0.6 is 0 Å². The Balaban J connectivity index is 1.76.